The van der Waals surface area contributed by atoms with Crippen molar-refractivity contribution in [1.29, 1.82) is 0 Å². The van der Waals surface area contributed by atoms with E-state index in [1.54, 1.807) is 31.5 Å². The number of amides is 1. The van der Waals surface area contributed by atoms with Crippen LogP contribution in [0.2, 0.25) is 0 Å². The Kier molecular flexibility index (Phi) is 3.52. The first kappa shape index (κ1) is 12.0. The summed E-state index contributed by atoms with van der Waals surface area (Å²) >= 11 is 0. The second-order valence-electron chi connectivity index (χ2n) is 3.78. The molecule has 0 aliphatic rings. The normalized spacial score (nSPS) is 11.3. The molecular weight excluding hydrogens is 230 g/mol. The smallest absolute Gasteiger partial charge is 0.307 e. The zero-order valence-electron chi connectivity index (χ0n) is 10.2. The van der Waals surface area contributed by atoms with Crippen molar-refractivity contribution >= 4 is 11.6 Å². The lowest BCUT2D eigenvalue weighted by Gasteiger charge is -2.00. The molecule has 1 amide bonds. The maximum atomic E-state index is 11.7. The third kappa shape index (κ3) is 2.82. The van der Waals surface area contributed by atoms with Gasteiger partial charge in [0.2, 0.25) is 0 Å². The van der Waals surface area contributed by atoms with Gasteiger partial charge in [-0.1, -0.05) is 0 Å². The third-order valence-electron chi connectivity index (χ3n) is 2.39. The van der Waals surface area contributed by atoms with Crippen LogP contribution < -0.4 is 5.43 Å². The van der Waals surface area contributed by atoms with E-state index in [4.69, 9.17) is 4.42 Å². The van der Waals surface area contributed by atoms with E-state index in [1.165, 1.54) is 0 Å². The Hall–Kier alpha value is -2.43. The van der Waals surface area contributed by atoms with Gasteiger partial charge >= 0.3 is 5.91 Å². The maximum absolute atomic E-state index is 11.7. The third-order valence-corrected chi connectivity index (χ3v) is 2.39. The van der Waals surface area contributed by atoms with Crippen LogP contribution >= 0.6 is 0 Å². The van der Waals surface area contributed by atoms with Gasteiger partial charge in [0.1, 0.15) is 5.76 Å². The lowest BCUT2D eigenvalue weighted by atomic mass is 10.2. The number of nitrogens with zero attached hydrogens (tertiary/aromatic N) is 2. The summed E-state index contributed by atoms with van der Waals surface area (Å²) in [5.41, 5.74) is 4.05. The molecule has 92 valence electrons. The molecule has 0 radical (unpaired) electrons. The van der Waals surface area contributed by atoms with Crippen LogP contribution in [0.5, 0.6) is 0 Å². The maximum Gasteiger partial charge on any atom is 0.307 e. The number of carbonyl (C=O) groups is 1. The van der Waals surface area contributed by atoms with Crippen molar-refractivity contribution in [2.45, 2.75) is 13.8 Å². The average molecular weight is 243 g/mol. The zero-order valence-corrected chi connectivity index (χ0v) is 10.2. The SMILES string of the molecule is C/C(=N\NC(=O)c1ccc(C)o1)c1ccncc1. The Labute approximate surface area is 105 Å². The molecule has 5 nitrogen and oxygen atoms in total. The highest BCUT2D eigenvalue weighted by Gasteiger charge is 2.08. The molecule has 0 aliphatic heterocycles. The molecular formula is C13H13N3O2. The van der Waals surface area contributed by atoms with E-state index >= 15 is 0 Å². The number of rotatable bonds is 3. The Morgan fingerprint density at radius 3 is 2.61 bits per heavy atom. The number of aryl methyl sites for hydroxylation is 1. The summed E-state index contributed by atoms with van der Waals surface area (Å²) in [6, 6.07) is 6.99. The van der Waals surface area contributed by atoms with Crippen LogP contribution in [-0.4, -0.2) is 16.6 Å². The minimum Gasteiger partial charge on any atom is -0.456 e. The van der Waals surface area contributed by atoms with E-state index in [9.17, 15) is 4.79 Å². The van der Waals surface area contributed by atoms with Crippen molar-refractivity contribution in [1.82, 2.24) is 10.4 Å². The summed E-state index contributed by atoms with van der Waals surface area (Å²) in [6.45, 7) is 3.59. The van der Waals surface area contributed by atoms with Gasteiger partial charge in [0.05, 0.1) is 5.71 Å². The van der Waals surface area contributed by atoms with Crippen LogP contribution in [0.15, 0.2) is 46.2 Å². The van der Waals surface area contributed by atoms with Crippen molar-refractivity contribution in [3.05, 3.63) is 53.7 Å². The fourth-order valence-electron chi connectivity index (χ4n) is 1.40. The highest BCUT2D eigenvalue weighted by atomic mass is 16.3. The van der Waals surface area contributed by atoms with Gasteiger partial charge in [-0.05, 0) is 38.1 Å². The van der Waals surface area contributed by atoms with Gasteiger partial charge < -0.3 is 4.42 Å². The highest BCUT2D eigenvalue weighted by molar-refractivity contribution is 6.00. The number of hydrazone groups is 1. The summed E-state index contributed by atoms with van der Waals surface area (Å²) in [7, 11) is 0. The first-order valence-electron chi connectivity index (χ1n) is 5.48. The summed E-state index contributed by atoms with van der Waals surface area (Å²) < 4.78 is 5.19. The molecule has 2 rings (SSSR count). The number of carbonyl (C=O) groups excluding carboxylic acids is 1. The largest absolute Gasteiger partial charge is 0.456 e. The highest BCUT2D eigenvalue weighted by Crippen LogP contribution is 2.06. The van der Waals surface area contributed by atoms with Crippen molar-refractivity contribution in [3.63, 3.8) is 0 Å². The molecule has 0 aliphatic carbocycles. The van der Waals surface area contributed by atoms with Gasteiger partial charge in [0.15, 0.2) is 5.76 Å². The van der Waals surface area contributed by atoms with Crippen molar-refractivity contribution in [3.8, 4) is 0 Å². The first-order chi connectivity index (χ1) is 8.66. The van der Waals surface area contributed by atoms with Crippen LogP contribution in [0.4, 0.5) is 0 Å². The molecule has 2 aromatic rings. The monoisotopic (exact) mass is 243 g/mol. The predicted molar refractivity (Wildman–Crippen MR) is 67.4 cm³/mol. The van der Waals surface area contributed by atoms with Crippen LogP contribution in [0.1, 0.15) is 28.8 Å². The molecule has 0 fully saturated rings. The van der Waals surface area contributed by atoms with Crippen molar-refractivity contribution < 1.29 is 9.21 Å². The Balaban J connectivity index is 2.05. The zero-order chi connectivity index (χ0) is 13.0. The van der Waals surface area contributed by atoms with Gasteiger partial charge in [-0.3, -0.25) is 9.78 Å². The van der Waals surface area contributed by atoms with Gasteiger partial charge in [-0.25, -0.2) is 5.43 Å². The molecule has 0 saturated heterocycles. The number of hydrogen-bond donors (Lipinski definition) is 1. The quantitative estimate of drug-likeness (QED) is 0.663. The average Bonchev–Trinajstić information content (AvgIpc) is 2.83. The summed E-state index contributed by atoms with van der Waals surface area (Å²) in [4.78, 5) is 15.6. The Morgan fingerprint density at radius 1 is 1.28 bits per heavy atom. The molecule has 0 atom stereocenters. The van der Waals surface area contributed by atoms with E-state index in [2.05, 4.69) is 15.5 Å². The number of hydrogen-bond acceptors (Lipinski definition) is 4. The van der Waals surface area contributed by atoms with Crippen LogP contribution in [0, 0.1) is 6.92 Å². The molecule has 5 heteroatoms. The molecule has 0 spiro atoms. The summed E-state index contributed by atoms with van der Waals surface area (Å²) in [6.07, 6.45) is 3.35. The fraction of sp³-hybridized carbons (Fsp3) is 0.154. The molecule has 0 bridgehead atoms. The van der Waals surface area contributed by atoms with E-state index in [0.717, 1.165) is 5.56 Å². The van der Waals surface area contributed by atoms with Gasteiger partial charge in [-0.2, -0.15) is 5.10 Å². The molecule has 0 unspecified atom stereocenters. The predicted octanol–water partition coefficient (Wildman–Crippen LogP) is 2.14. The van der Waals surface area contributed by atoms with Crippen molar-refractivity contribution in [2.24, 2.45) is 5.10 Å². The minimum absolute atomic E-state index is 0.249. The van der Waals surface area contributed by atoms with Gasteiger partial charge in [-0.15, -0.1) is 0 Å². The molecule has 2 aromatic heterocycles. The van der Waals surface area contributed by atoms with Crippen LogP contribution in [-0.2, 0) is 0 Å². The van der Waals surface area contributed by atoms with E-state index in [1.807, 2.05) is 19.1 Å². The van der Waals surface area contributed by atoms with Crippen LogP contribution in [0.25, 0.3) is 0 Å². The van der Waals surface area contributed by atoms with E-state index in [0.29, 0.717) is 11.5 Å². The number of aromatic nitrogens is 1. The number of furan rings is 1. The second kappa shape index (κ2) is 5.27. The molecule has 1 N–H and O–H groups in total. The molecule has 0 aromatic carbocycles. The Morgan fingerprint density at radius 2 is 2.00 bits per heavy atom. The molecule has 2 heterocycles. The lowest BCUT2D eigenvalue weighted by molar-refractivity contribution is 0.0926. The first-order valence-corrected chi connectivity index (χ1v) is 5.48. The molecule has 0 saturated carbocycles. The fourth-order valence-corrected chi connectivity index (χ4v) is 1.40. The lowest BCUT2D eigenvalue weighted by Crippen LogP contribution is -2.18. The topological polar surface area (TPSA) is 67.5 Å². The van der Waals surface area contributed by atoms with Gasteiger partial charge in [0.25, 0.3) is 0 Å². The van der Waals surface area contributed by atoms with Crippen LogP contribution in [0.3, 0.4) is 0 Å². The summed E-state index contributed by atoms with van der Waals surface area (Å²) in [5.74, 6) is 0.574. The van der Waals surface area contributed by atoms with Gasteiger partial charge in [0, 0.05) is 18.0 Å². The minimum atomic E-state index is -0.364. The number of pyridine rings is 1. The second-order valence-corrected chi connectivity index (χ2v) is 3.78. The summed E-state index contributed by atoms with van der Waals surface area (Å²) in [5, 5.41) is 4.01. The van der Waals surface area contributed by atoms with Crippen molar-refractivity contribution in [2.75, 3.05) is 0 Å². The standard InChI is InChI=1S/C13H13N3O2/c1-9-3-4-12(18-9)13(17)16-15-10(2)11-5-7-14-8-6-11/h3-8H,1-2H3,(H,16,17)/b15-10+. The molecule has 18 heavy (non-hydrogen) atoms. The van der Waals surface area contributed by atoms with E-state index in [-0.39, 0.29) is 11.7 Å². The number of nitrogens with one attached hydrogen (secondary N) is 1. The van der Waals surface area contributed by atoms with E-state index < -0.39 is 0 Å². The Bertz CT molecular complexity index is 573.